The molecule has 0 aromatic heterocycles. The van der Waals surface area contributed by atoms with Crippen LogP contribution in [0, 0.1) is 5.41 Å². The molecule has 1 N–H and O–H groups in total. The second kappa shape index (κ2) is 6.50. The van der Waals surface area contributed by atoms with Crippen LogP contribution in [0.1, 0.15) is 46.6 Å². The van der Waals surface area contributed by atoms with E-state index < -0.39 is 0 Å². The van der Waals surface area contributed by atoms with Crippen molar-refractivity contribution in [2.45, 2.75) is 59.0 Å². The monoisotopic (exact) mass is 288 g/mol. The molecule has 1 aliphatic heterocycles. The van der Waals surface area contributed by atoms with Gasteiger partial charge in [-0.15, -0.1) is 0 Å². The summed E-state index contributed by atoms with van der Waals surface area (Å²) in [4.78, 5) is 2.70. The molecule has 0 aliphatic carbocycles. The van der Waals surface area contributed by atoms with Gasteiger partial charge in [0.1, 0.15) is 0 Å². The van der Waals surface area contributed by atoms with Crippen molar-refractivity contribution >= 4 is 0 Å². The Morgan fingerprint density at radius 1 is 1.19 bits per heavy atom. The summed E-state index contributed by atoms with van der Waals surface area (Å²) in [6, 6.07) is 11.5. The molecule has 1 unspecified atom stereocenters. The third-order valence-electron chi connectivity index (χ3n) is 4.39. The first-order chi connectivity index (χ1) is 9.75. The van der Waals surface area contributed by atoms with Crippen LogP contribution >= 0.6 is 0 Å². The lowest BCUT2D eigenvalue weighted by atomic mass is 9.89. The number of benzene rings is 1. The number of piperazine rings is 1. The van der Waals surface area contributed by atoms with Gasteiger partial charge in [0.05, 0.1) is 0 Å². The van der Waals surface area contributed by atoms with E-state index in [0.717, 1.165) is 19.5 Å². The van der Waals surface area contributed by atoms with Crippen molar-refractivity contribution in [3.8, 4) is 0 Å². The highest BCUT2D eigenvalue weighted by Crippen LogP contribution is 2.23. The molecule has 1 aliphatic rings. The Bertz CT molecular complexity index is 431. The number of hydrogen-bond acceptors (Lipinski definition) is 2. The van der Waals surface area contributed by atoms with Crippen LogP contribution in [0.3, 0.4) is 0 Å². The topological polar surface area (TPSA) is 15.3 Å². The lowest BCUT2D eigenvalue weighted by Gasteiger charge is -2.45. The van der Waals surface area contributed by atoms with Crippen molar-refractivity contribution in [2.75, 3.05) is 19.6 Å². The highest BCUT2D eigenvalue weighted by molar-refractivity contribution is 5.16. The molecule has 0 radical (unpaired) electrons. The second-order valence-electron chi connectivity index (χ2n) is 8.39. The van der Waals surface area contributed by atoms with Crippen LogP contribution in [-0.2, 0) is 6.42 Å². The molecule has 2 heteroatoms. The number of nitrogens with zero attached hydrogens (tertiary/aromatic N) is 1. The van der Waals surface area contributed by atoms with Gasteiger partial charge in [-0.25, -0.2) is 0 Å². The van der Waals surface area contributed by atoms with Crippen molar-refractivity contribution in [3.63, 3.8) is 0 Å². The van der Waals surface area contributed by atoms with E-state index in [0.29, 0.717) is 11.5 Å². The summed E-state index contributed by atoms with van der Waals surface area (Å²) in [5, 5.41) is 3.71. The fourth-order valence-corrected chi connectivity index (χ4v) is 3.04. The zero-order chi connectivity index (χ0) is 15.5. The molecule has 118 valence electrons. The fraction of sp³-hybridized carbons (Fsp3) is 0.684. The Balaban J connectivity index is 2.02. The smallest absolute Gasteiger partial charge is 0.0261 e. The average Bonchev–Trinajstić information content (AvgIpc) is 2.39. The Kier molecular flexibility index (Phi) is 5.11. The summed E-state index contributed by atoms with van der Waals surface area (Å²) in [6.45, 7) is 15.1. The predicted molar refractivity (Wildman–Crippen MR) is 91.7 cm³/mol. The molecular weight excluding hydrogens is 256 g/mol. The van der Waals surface area contributed by atoms with Crippen LogP contribution in [0.5, 0.6) is 0 Å². The minimum Gasteiger partial charge on any atom is -0.309 e. The summed E-state index contributed by atoms with van der Waals surface area (Å²) in [5.41, 5.74) is 2.09. The quantitative estimate of drug-likeness (QED) is 0.908. The number of nitrogens with one attached hydrogen (secondary N) is 1. The molecule has 1 saturated heterocycles. The van der Waals surface area contributed by atoms with E-state index in [1.807, 2.05) is 0 Å². The van der Waals surface area contributed by atoms with E-state index in [-0.39, 0.29) is 5.54 Å². The maximum atomic E-state index is 3.71. The van der Waals surface area contributed by atoms with E-state index >= 15 is 0 Å². The molecule has 0 bridgehead atoms. The van der Waals surface area contributed by atoms with E-state index in [1.54, 1.807) is 0 Å². The van der Waals surface area contributed by atoms with Crippen molar-refractivity contribution in [1.82, 2.24) is 10.2 Å². The van der Waals surface area contributed by atoms with Crippen molar-refractivity contribution in [1.29, 1.82) is 0 Å². The van der Waals surface area contributed by atoms with Crippen LogP contribution in [-0.4, -0.2) is 36.1 Å². The maximum Gasteiger partial charge on any atom is 0.0261 e. The largest absolute Gasteiger partial charge is 0.309 e. The Morgan fingerprint density at radius 3 is 2.48 bits per heavy atom. The van der Waals surface area contributed by atoms with Crippen LogP contribution in [0.25, 0.3) is 0 Å². The third kappa shape index (κ3) is 5.44. The zero-order valence-electron chi connectivity index (χ0n) is 14.4. The van der Waals surface area contributed by atoms with Gasteiger partial charge in [0.2, 0.25) is 0 Å². The van der Waals surface area contributed by atoms with Gasteiger partial charge in [0, 0.05) is 24.7 Å². The summed E-state index contributed by atoms with van der Waals surface area (Å²) in [6.07, 6.45) is 2.41. The lowest BCUT2D eigenvalue weighted by Crippen LogP contribution is -2.62. The molecule has 1 aromatic rings. The molecule has 1 atom stereocenters. The van der Waals surface area contributed by atoms with E-state index in [9.17, 15) is 0 Å². The molecule has 1 aromatic carbocycles. The Morgan fingerprint density at radius 2 is 1.86 bits per heavy atom. The fourth-order valence-electron chi connectivity index (χ4n) is 3.04. The first-order valence-electron chi connectivity index (χ1n) is 8.28. The van der Waals surface area contributed by atoms with E-state index in [1.165, 1.54) is 18.5 Å². The highest BCUT2D eigenvalue weighted by Gasteiger charge is 2.32. The zero-order valence-corrected chi connectivity index (χ0v) is 14.4. The predicted octanol–water partition coefficient (Wildman–Crippen LogP) is 3.72. The summed E-state index contributed by atoms with van der Waals surface area (Å²) < 4.78 is 0. The number of hydrogen-bond donors (Lipinski definition) is 1. The molecule has 0 spiro atoms. The van der Waals surface area contributed by atoms with Gasteiger partial charge in [-0.3, -0.25) is 4.90 Å². The third-order valence-corrected chi connectivity index (χ3v) is 4.39. The van der Waals surface area contributed by atoms with Gasteiger partial charge in [0.25, 0.3) is 0 Å². The lowest BCUT2D eigenvalue weighted by molar-refractivity contribution is 0.0835. The molecule has 0 saturated carbocycles. The van der Waals surface area contributed by atoms with E-state index in [4.69, 9.17) is 0 Å². The molecule has 1 heterocycles. The molecule has 0 amide bonds. The summed E-state index contributed by atoms with van der Waals surface area (Å²) >= 11 is 0. The van der Waals surface area contributed by atoms with Gasteiger partial charge in [-0.2, -0.15) is 0 Å². The normalized spacial score (nSPS) is 23.2. The van der Waals surface area contributed by atoms with Crippen molar-refractivity contribution < 1.29 is 0 Å². The Labute approximate surface area is 130 Å². The van der Waals surface area contributed by atoms with Crippen molar-refractivity contribution in [2.24, 2.45) is 5.41 Å². The van der Waals surface area contributed by atoms with E-state index in [2.05, 4.69) is 75.2 Å². The maximum absolute atomic E-state index is 3.71. The van der Waals surface area contributed by atoms with Crippen molar-refractivity contribution in [3.05, 3.63) is 35.9 Å². The summed E-state index contributed by atoms with van der Waals surface area (Å²) in [5.74, 6) is 0. The van der Waals surface area contributed by atoms with Crippen LogP contribution in [0.15, 0.2) is 30.3 Å². The first-order valence-corrected chi connectivity index (χ1v) is 8.28. The first kappa shape index (κ1) is 16.5. The molecule has 21 heavy (non-hydrogen) atoms. The molecule has 2 rings (SSSR count). The van der Waals surface area contributed by atoms with Gasteiger partial charge in [0.15, 0.2) is 0 Å². The van der Waals surface area contributed by atoms with Gasteiger partial charge >= 0.3 is 0 Å². The standard InChI is InChI=1S/C19H32N2/c1-18(2,3)11-12-21-15-19(4,5)20-14-17(21)13-16-9-7-6-8-10-16/h6-10,17,20H,11-15H2,1-5H3. The molecule has 1 fully saturated rings. The highest BCUT2D eigenvalue weighted by atomic mass is 15.2. The van der Waals surface area contributed by atoms with Gasteiger partial charge in [-0.05, 0) is 44.2 Å². The Hall–Kier alpha value is -0.860. The minimum atomic E-state index is 0.227. The second-order valence-corrected chi connectivity index (χ2v) is 8.39. The van der Waals surface area contributed by atoms with Crippen LogP contribution < -0.4 is 5.32 Å². The minimum absolute atomic E-state index is 0.227. The van der Waals surface area contributed by atoms with Gasteiger partial charge in [-0.1, -0.05) is 51.1 Å². The average molecular weight is 288 g/mol. The van der Waals surface area contributed by atoms with Crippen LogP contribution in [0.4, 0.5) is 0 Å². The molecule has 2 nitrogen and oxygen atoms in total. The number of rotatable bonds is 4. The molecular formula is C19H32N2. The van der Waals surface area contributed by atoms with Gasteiger partial charge < -0.3 is 5.32 Å². The SMILES string of the molecule is CC(C)(C)CCN1CC(C)(C)NCC1Cc1ccccc1. The summed E-state index contributed by atoms with van der Waals surface area (Å²) in [7, 11) is 0. The van der Waals surface area contributed by atoms with Crippen LogP contribution in [0.2, 0.25) is 0 Å².